The molecule has 8 heteroatoms. The first-order valence-electron chi connectivity index (χ1n) is 15.9. The van der Waals surface area contributed by atoms with Crippen LogP contribution in [0.2, 0.25) is 0 Å². The molecule has 43 heavy (non-hydrogen) atoms. The highest BCUT2D eigenvalue weighted by Crippen LogP contribution is 2.51. The van der Waals surface area contributed by atoms with Gasteiger partial charge in [-0.3, -0.25) is 4.79 Å². The van der Waals surface area contributed by atoms with E-state index in [1.54, 1.807) is 12.0 Å². The molecule has 1 N–H and O–H groups in total. The van der Waals surface area contributed by atoms with Gasteiger partial charge in [0.15, 0.2) is 0 Å². The van der Waals surface area contributed by atoms with Crippen LogP contribution < -0.4 is 4.74 Å². The number of methoxy groups -OCH3 is 1. The van der Waals surface area contributed by atoms with Gasteiger partial charge in [-0.2, -0.15) is 0 Å². The fourth-order valence-electron chi connectivity index (χ4n) is 7.28. The summed E-state index contributed by atoms with van der Waals surface area (Å²) in [6.07, 6.45) is 6.53. The summed E-state index contributed by atoms with van der Waals surface area (Å²) in [7, 11) is 1.61. The summed E-state index contributed by atoms with van der Waals surface area (Å²) >= 11 is 0. The van der Waals surface area contributed by atoms with E-state index < -0.39 is 41.6 Å². The molecule has 2 aromatic rings. The van der Waals surface area contributed by atoms with Gasteiger partial charge in [-0.25, -0.2) is 9.78 Å². The minimum absolute atomic E-state index is 0.167. The number of carbonyl (C=O) groups is 2. The van der Waals surface area contributed by atoms with Crippen LogP contribution in [0.4, 0.5) is 0 Å². The minimum Gasteiger partial charge on any atom is -0.481 e. The van der Waals surface area contributed by atoms with E-state index in [4.69, 9.17) is 14.2 Å². The number of nitrogens with zero attached hydrogens (tertiary/aromatic N) is 2. The summed E-state index contributed by atoms with van der Waals surface area (Å²) in [6.45, 7) is 11.1. The van der Waals surface area contributed by atoms with Crippen LogP contribution in [0, 0.1) is 11.3 Å². The fraction of sp³-hybridized carbons (Fsp3) is 0.629. The van der Waals surface area contributed by atoms with Crippen molar-refractivity contribution in [3.05, 3.63) is 58.8 Å². The van der Waals surface area contributed by atoms with Crippen LogP contribution in [0.1, 0.15) is 113 Å². The molecule has 234 valence electrons. The Balaban J connectivity index is 1.62. The molecule has 1 saturated carbocycles. The van der Waals surface area contributed by atoms with Crippen LogP contribution in [0.3, 0.4) is 0 Å². The number of amides is 1. The monoisotopic (exact) mass is 592 g/mol. The van der Waals surface area contributed by atoms with Gasteiger partial charge in [-0.1, -0.05) is 65.3 Å². The summed E-state index contributed by atoms with van der Waals surface area (Å²) < 4.78 is 18.5. The number of rotatable bonds is 9. The van der Waals surface area contributed by atoms with E-state index in [0.717, 1.165) is 42.4 Å². The predicted molar refractivity (Wildman–Crippen MR) is 164 cm³/mol. The quantitative estimate of drug-likeness (QED) is 0.349. The third-order valence-corrected chi connectivity index (χ3v) is 9.65. The van der Waals surface area contributed by atoms with E-state index >= 15 is 0 Å². The third-order valence-electron chi connectivity index (χ3n) is 9.65. The van der Waals surface area contributed by atoms with Crippen LogP contribution in [0.15, 0.2) is 36.5 Å². The Kier molecular flexibility index (Phi) is 9.47. The molecule has 2 saturated heterocycles. The number of ether oxygens (including phenoxy) is 3. The lowest BCUT2D eigenvalue weighted by molar-refractivity contribution is -0.159. The van der Waals surface area contributed by atoms with Crippen LogP contribution in [-0.2, 0) is 25.7 Å². The molecule has 0 unspecified atom stereocenters. The zero-order valence-electron chi connectivity index (χ0n) is 26.5. The van der Waals surface area contributed by atoms with Crippen molar-refractivity contribution in [2.45, 2.75) is 116 Å². The number of carboxylic acids is 1. The molecular formula is C35H48N2O6. The van der Waals surface area contributed by atoms with Crippen molar-refractivity contribution in [3.8, 4) is 5.88 Å². The van der Waals surface area contributed by atoms with Crippen LogP contribution in [-0.4, -0.2) is 58.8 Å². The van der Waals surface area contributed by atoms with Crippen LogP contribution in [0.25, 0.3) is 0 Å². The zero-order valence-corrected chi connectivity index (χ0v) is 26.5. The summed E-state index contributed by atoms with van der Waals surface area (Å²) in [4.78, 5) is 33.8. The molecule has 1 aromatic heterocycles. The summed E-state index contributed by atoms with van der Waals surface area (Å²) in [5, 5.41) is 10.8. The molecule has 2 aliphatic heterocycles. The molecule has 3 aliphatic rings. The molecule has 1 aromatic carbocycles. The second kappa shape index (κ2) is 12.9. The molecule has 3 heterocycles. The number of aromatic nitrogens is 1. The SMILES string of the molecule is COc1ncc(C2CCC2)cc1CO[C@H]1[C@H](C(C)(C)C)[C@@H](C(=O)O)N(C(=O)[C@@H]2CCCCO2)[C@H]1c1ccccc1C(C)C. The zero-order chi connectivity index (χ0) is 30.9. The maximum atomic E-state index is 14.4. The van der Waals surface area contributed by atoms with Crippen molar-refractivity contribution >= 4 is 11.9 Å². The molecule has 3 fully saturated rings. The molecule has 0 spiro atoms. The smallest absolute Gasteiger partial charge is 0.326 e. The average molecular weight is 593 g/mol. The van der Waals surface area contributed by atoms with Gasteiger partial charge in [0.25, 0.3) is 5.91 Å². The first-order chi connectivity index (χ1) is 20.5. The highest BCUT2D eigenvalue weighted by molar-refractivity contribution is 5.88. The Hall–Kier alpha value is -2.97. The van der Waals surface area contributed by atoms with Crippen LogP contribution >= 0.6 is 0 Å². The summed E-state index contributed by atoms with van der Waals surface area (Å²) in [5.41, 5.74) is 3.53. The number of hydrogen-bond donors (Lipinski definition) is 1. The van der Waals surface area contributed by atoms with Gasteiger partial charge in [0.05, 0.1) is 25.9 Å². The Morgan fingerprint density at radius 2 is 1.86 bits per heavy atom. The molecule has 5 rings (SSSR count). The number of benzene rings is 1. The van der Waals surface area contributed by atoms with E-state index in [0.29, 0.717) is 24.8 Å². The van der Waals surface area contributed by atoms with Crippen molar-refractivity contribution < 1.29 is 28.9 Å². The molecule has 8 nitrogen and oxygen atoms in total. The Morgan fingerprint density at radius 3 is 2.44 bits per heavy atom. The van der Waals surface area contributed by atoms with Gasteiger partial charge in [-0.05, 0) is 72.1 Å². The molecule has 0 radical (unpaired) electrons. The molecular weight excluding hydrogens is 544 g/mol. The second-order valence-corrected chi connectivity index (χ2v) is 13.8. The van der Waals surface area contributed by atoms with Gasteiger partial charge in [0.1, 0.15) is 12.1 Å². The van der Waals surface area contributed by atoms with Crippen molar-refractivity contribution in [1.82, 2.24) is 9.88 Å². The summed E-state index contributed by atoms with van der Waals surface area (Å²) in [6, 6.07) is 8.52. The number of likely N-dealkylation sites (tertiary alicyclic amines) is 1. The van der Waals surface area contributed by atoms with Crippen molar-refractivity contribution in [2.75, 3.05) is 13.7 Å². The van der Waals surface area contributed by atoms with Gasteiger partial charge in [0.2, 0.25) is 5.88 Å². The minimum atomic E-state index is -1.07. The third kappa shape index (κ3) is 6.32. The normalized spacial score (nSPS) is 26.4. The Morgan fingerprint density at radius 1 is 1.12 bits per heavy atom. The average Bonchev–Trinajstić information content (AvgIpc) is 3.31. The van der Waals surface area contributed by atoms with E-state index in [1.807, 2.05) is 45.2 Å². The number of carbonyl (C=O) groups excluding carboxylic acids is 1. The molecule has 0 bridgehead atoms. The summed E-state index contributed by atoms with van der Waals surface area (Å²) in [5.74, 6) is -0.602. The van der Waals surface area contributed by atoms with Crippen LogP contribution in [0.5, 0.6) is 5.88 Å². The second-order valence-electron chi connectivity index (χ2n) is 13.8. The molecule has 1 amide bonds. The number of aliphatic carboxylic acids is 1. The Labute approximate surface area is 256 Å². The van der Waals surface area contributed by atoms with Gasteiger partial charge < -0.3 is 24.2 Å². The highest BCUT2D eigenvalue weighted by atomic mass is 16.5. The van der Waals surface area contributed by atoms with Gasteiger partial charge in [0, 0.05) is 24.3 Å². The highest BCUT2D eigenvalue weighted by Gasteiger charge is 2.60. The standard InChI is InChI=1S/C35H48N2O6/c1-21(2)25-14-7-8-15-26(25)29-31(43-20-24-18-23(22-12-11-13-22)19-36-32(24)41-6)28(35(3,4)5)30(34(39)40)37(29)33(38)27-16-9-10-17-42-27/h7-8,14-15,18-19,21-22,27-31H,9-13,16-17,20H2,1-6H3,(H,39,40)/t27-,28+,29-,30-,31-/m0/s1. The Bertz CT molecular complexity index is 1290. The lowest BCUT2D eigenvalue weighted by atomic mass is 9.73. The molecule has 1 aliphatic carbocycles. The number of pyridine rings is 1. The lowest BCUT2D eigenvalue weighted by Gasteiger charge is -2.35. The van der Waals surface area contributed by atoms with E-state index in [2.05, 4.69) is 31.0 Å². The lowest BCUT2D eigenvalue weighted by Crippen LogP contribution is -2.51. The van der Waals surface area contributed by atoms with E-state index in [1.165, 1.54) is 12.0 Å². The van der Waals surface area contributed by atoms with Crippen molar-refractivity contribution in [1.29, 1.82) is 0 Å². The first-order valence-corrected chi connectivity index (χ1v) is 15.9. The number of carboxylic acid groups (broad SMARTS) is 1. The predicted octanol–water partition coefficient (Wildman–Crippen LogP) is 6.63. The van der Waals surface area contributed by atoms with Crippen molar-refractivity contribution in [2.24, 2.45) is 11.3 Å². The maximum Gasteiger partial charge on any atom is 0.326 e. The molecule has 5 atom stereocenters. The van der Waals surface area contributed by atoms with Gasteiger partial charge in [-0.15, -0.1) is 0 Å². The number of hydrogen-bond acceptors (Lipinski definition) is 6. The first kappa shape index (κ1) is 31.5. The van der Waals surface area contributed by atoms with E-state index in [9.17, 15) is 14.7 Å². The van der Waals surface area contributed by atoms with Crippen molar-refractivity contribution in [3.63, 3.8) is 0 Å². The van der Waals surface area contributed by atoms with E-state index in [-0.39, 0.29) is 18.4 Å². The maximum absolute atomic E-state index is 14.4. The largest absolute Gasteiger partial charge is 0.481 e. The topological polar surface area (TPSA) is 98.2 Å². The van der Waals surface area contributed by atoms with Gasteiger partial charge >= 0.3 is 5.97 Å². The fourth-order valence-corrected chi connectivity index (χ4v) is 7.28.